The molecule has 0 aromatic carbocycles. The highest BCUT2D eigenvalue weighted by atomic mass is 32.2. The molecule has 15 heavy (non-hydrogen) atoms. The molecule has 1 aliphatic heterocycles. The van der Waals surface area contributed by atoms with Gasteiger partial charge in [0.05, 0.1) is 6.10 Å². The Hall–Kier alpha value is -0.550. The van der Waals surface area contributed by atoms with Crippen LogP contribution >= 0.6 is 11.8 Å². The molecule has 2 fully saturated rings. The molecule has 2 heterocycles. The maximum Gasteiger partial charge on any atom is 0.208 e. The first-order valence-electron chi connectivity index (χ1n) is 5.58. The molecule has 1 aromatic heterocycles. The predicted molar refractivity (Wildman–Crippen MR) is 58.1 cm³/mol. The molecule has 0 amide bonds. The molecule has 1 aromatic rings. The van der Waals surface area contributed by atoms with E-state index in [0.717, 1.165) is 23.3 Å². The molecule has 1 N–H and O–H groups in total. The monoisotopic (exact) mass is 225 g/mol. The van der Waals surface area contributed by atoms with Crippen LogP contribution in [0.3, 0.4) is 0 Å². The minimum Gasteiger partial charge on any atom is -0.377 e. The van der Waals surface area contributed by atoms with E-state index in [2.05, 4.69) is 15.2 Å². The van der Waals surface area contributed by atoms with Crippen molar-refractivity contribution in [1.29, 1.82) is 0 Å². The van der Waals surface area contributed by atoms with Gasteiger partial charge in [-0.1, -0.05) is 11.8 Å². The average Bonchev–Trinajstić information content (AvgIpc) is 2.82. The lowest BCUT2D eigenvalue weighted by Gasteiger charge is -2.05. The molecule has 5 heteroatoms. The minimum atomic E-state index is 0.415. The summed E-state index contributed by atoms with van der Waals surface area (Å²) in [5.41, 5.74) is 0. The molecule has 1 unspecified atom stereocenters. The summed E-state index contributed by atoms with van der Waals surface area (Å²) in [5, 5.41) is 8.11. The molecule has 1 aliphatic carbocycles. The van der Waals surface area contributed by atoms with Gasteiger partial charge in [0, 0.05) is 18.3 Å². The molecule has 4 nitrogen and oxygen atoms in total. The van der Waals surface area contributed by atoms with Crippen LogP contribution in [-0.4, -0.2) is 33.6 Å². The largest absolute Gasteiger partial charge is 0.377 e. The van der Waals surface area contributed by atoms with Crippen molar-refractivity contribution in [2.45, 2.75) is 42.9 Å². The fourth-order valence-corrected chi connectivity index (χ4v) is 2.68. The Morgan fingerprint density at radius 3 is 3.07 bits per heavy atom. The van der Waals surface area contributed by atoms with Crippen LogP contribution in [0, 0.1) is 0 Å². The van der Waals surface area contributed by atoms with Crippen molar-refractivity contribution in [3.63, 3.8) is 0 Å². The first kappa shape index (κ1) is 9.66. The number of hydrogen-bond acceptors (Lipinski definition) is 4. The van der Waals surface area contributed by atoms with Crippen LogP contribution in [-0.2, 0) is 4.74 Å². The van der Waals surface area contributed by atoms with Crippen molar-refractivity contribution in [3.05, 3.63) is 5.82 Å². The Bertz CT molecular complexity index is 331. The van der Waals surface area contributed by atoms with E-state index >= 15 is 0 Å². The second-order valence-electron chi connectivity index (χ2n) is 4.22. The quantitative estimate of drug-likeness (QED) is 0.796. The highest BCUT2D eigenvalue weighted by molar-refractivity contribution is 7.99. The fourth-order valence-electron chi connectivity index (χ4n) is 1.81. The maximum atomic E-state index is 5.55. The number of nitrogens with zero attached hydrogens (tertiary/aromatic N) is 2. The molecule has 0 radical (unpaired) electrons. The summed E-state index contributed by atoms with van der Waals surface area (Å²) in [7, 11) is 0. The van der Waals surface area contributed by atoms with Crippen LogP contribution in [0.5, 0.6) is 0 Å². The Morgan fingerprint density at radius 1 is 1.40 bits per heavy atom. The summed E-state index contributed by atoms with van der Waals surface area (Å²) in [4.78, 5) is 4.47. The zero-order chi connectivity index (χ0) is 10.1. The molecule has 1 atom stereocenters. The molecular weight excluding hydrogens is 210 g/mol. The van der Waals surface area contributed by atoms with E-state index in [1.165, 1.54) is 25.7 Å². The van der Waals surface area contributed by atoms with Crippen molar-refractivity contribution in [3.8, 4) is 0 Å². The number of hydrogen-bond donors (Lipinski definition) is 1. The molecule has 1 saturated carbocycles. The number of aromatic nitrogens is 3. The van der Waals surface area contributed by atoms with Gasteiger partial charge in [0.2, 0.25) is 5.16 Å². The second-order valence-corrected chi connectivity index (χ2v) is 5.21. The van der Waals surface area contributed by atoms with E-state index in [1.807, 2.05) is 0 Å². The van der Waals surface area contributed by atoms with Gasteiger partial charge in [-0.25, -0.2) is 4.98 Å². The minimum absolute atomic E-state index is 0.415. The summed E-state index contributed by atoms with van der Waals surface area (Å²) in [6.45, 7) is 0.923. The van der Waals surface area contributed by atoms with E-state index in [-0.39, 0.29) is 0 Å². The van der Waals surface area contributed by atoms with Crippen LogP contribution < -0.4 is 0 Å². The van der Waals surface area contributed by atoms with Gasteiger partial charge in [-0.15, -0.1) is 5.10 Å². The van der Waals surface area contributed by atoms with Crippen molar-refractivity contribution >= 4 is 11.8 Å². The van der Waals surface area contributed by atoms with Gasteiger partial charge < -0.3 is 4.74 Å². The summed E-state index contributed by atoms with van der Waals surface area (Å²) < 4.78 is 5.55. The smallest absolute Gasteiger partial charge is 0.208 e. The first-order valence-corrected chi connectivity index (χ1v) is 6.57. The van der Waals surface area contributed by atoms with E-state index < -0.39 is 0 Å². The molecule has 1 saturated heterocycles. The Balaban J connectivity index is 1.52. The summed E-state index contributed by atoms with van der Waals surface area (Å²) in [5.74, 6) is 2.72. The lowest BCUT2D eigenvalue weighted by atomic mass is 10.3. The molecule has 82 valence electrons. The number of H-pyrrole nitrogens is 1. The van der Waals surface area contributed by atoms with Gasteiger partial charge in [-0.3, -0.25) is 5.10 Å². The third kappa shape index (κ3) is 2.34. The van der Waals surface area contributed by atoms with Crippen molar-refractivity contribution in [1.82, 2.24) is 15.2 Å². The van der Waals surface area contributed by atoms with Crippen LogP contribution in [0.25, 0.3) is 0 Å². The third-order valence-electron chi connectivity index (χ3n) is 2.87. The van der Waals surface area contributed by atoms with Crippen LogP contribution in [0.1, 0.15) is 37.4 Å². The number of thioether (sulfide) groups is 1. The normalized spacial score (nSPS) is 26.0. The van der Waals surface area contributed by atoms with E-state index in [4.69, 9.17) is 4.74 Å². The SMILES string of the molecule is C1COC(CSc2n[nH]c(C3CC3)n2)C1. The Morgan fingerprint density at radius 2 is 2.33 bits per heavy atom. The molecule has 3 rings (SSSR count). The van der Waals surface area contributed by atoms with Crippen LogP contribution in [0.15, 0.2) is 5.16 Å². The molecule has 0 bridgehead atoms. The van der Waals surface area contributed by atoms with E-state index in [0.29, 0.717) is 12.0 Å². The van der Waals surface area contributed by atoms with Gasteiger partial charge in [-0.05, 0) is 25.7 Å². The van der Waals surface area contributed by atoms with Gasteiger partial charge in [0.25, 0.3) is 0 Å². The van der Waals surface area contributed by atoms with Gasteiger partial charge in [-0.2, -0.15) is 0 Å². The molecule has 2 aliphatic rings. The fraction of sp³-hybridized carbons (Fsp3) is 0.800. The maximum absolute atomic E-state index is 5.55. The van der Waals surface area contributed by atoms with Gasteiger partial charge in [0.1, 0.15) is 5.82 Å². The Kier molecular flexibility index (Phi) is 2.66. The zero-order valence-corrected chi connectivity index (χ0v) is 9.42. The second kappa shape index (κ2) is 4.14. The average molecular weight is 225 g/mol. The van der Waals surface area contributed by atoms with E-state index in [9.17, 15) is 0 Å². The zero-order valence-electron chi connectivity index (χ0n) is 8.61. The highest BCUT2D eigenvalue weighted by Crippen LogP contribution is 2.38. The number of nitrogens with one attached hydrogen (secondary N) is 1. The van der Waals surface area contributed by atoms with Crippen molar-refractivity contribution in [2.75, 3.05) is 12.4 Å². The van der Waals surface area contributed by atoms with Crippen LogP contribution in [0.2, 0.25) is 0 Å². The topological polar surface area (TPSA) is 50.8 Å². The lowest BCUT2D eigenvalue weighted by molar-refractivity contribution is 0.129. The summed E-state index contributed by atoms with van der Waals surface area (Å²) in [6, 6.07) is 0. The summed E-state index contributed by atoms with van der Waals surface area (Å²) in [6.07, 6.45) is 5.34. The number of ether oxygens (including phenoxy) is 1. The third-order valence-corrected chi connectivity index (χ3v) is 3.85. The van der Waals surface area contributed by atoms with Crippen molar-refractivity contribution in [2.24, 2.45) is 0 Å². The Labute approximate surface area is 93.2 Å². The van der Waals surface area contributed by atoms with E-state index in [1.54, 1.807) is 11.8 Å². The van der Waals surface area contributed by atoms with Crippen LogP contribution in [0.4, 0.5) is 0 Å². The van der Waals surface area contributed by atoms with Gasteiger partial charge >= 0.3 is 0 Å². The predicted octanol–water partition coefficient (Wildman–Crippen LogP) is 1.95. The standard InChI is InChI=1S/C10H15N3OS/c1-2-8(14-5-1)6-15-10-11-9(12-13-10)7-3-4-7/h7-8H,1-6H2,(H,11,12,13). The summed E-state index contributed by atoms with van der Waals surface area (Å²) >= 11 is 1.71. The molecular formula is C10H15N3OS. The van der Waals surface area contributed by atoms with Gasteiger partial charge in [0.15, 0.2) is 0 Å². The number of aromatic amines is 1. The lowest BCUT2D eigenvalue weighted by Crippen LogP contribution is -2.07. The first-order chi connectivity index (χ1) is 7.42. The number of rotatable bonds is 4. The molecule has 0 spiro atoms. The van der Waals surface area contributed by atoms with Crippen molar-refractivity contribution < 1.29 is 4.74 Å². The highest BCUT2D eigenvalue weighted by Gasteiger charge is 2.27.